The van der Waals surface area contributed by atoms with Gasteiger partial charge in [0.2, 0.25) is 10.0 Å². The molecule has 0 aliphatic rings. The molecular formula is C6H6ClNO3S. The Bertz CT molecular complexity index is 401. The molecule has 1 rings (SSSR count). The molecule has 0 fully saturated rings. The molecule has 6 heteroatoms. The monoisotopic (exact) mass is 207 g/mol. The molecule has 0 amide bonds. The third-order valence-corrected chi connectivity index (χ3v) is 2.42. The fourth-order valence-electron chi connectivity index (χ4n) is 0.731. The van der Waals surface area contributed by atoms with Crippen molar-refractivity contribution < 1.29 is 13.5 Å². The van der Waals surface area contributed by atoms with Crippen LogP contribution >= 0.6 is 11.6 Å². The first kappa shape index (κ1) is 9.31. The maximum Gasteiger partial charge on any atom is 0.241 e. The molecule has 0 aliphatic carbocycles. The van der Waals surface area contributed by atoms with Crippen LogP contribution in [0.1, 0.15) is 0 Å². The van der Waals surface area contributed by atoms with Crippen molar-refractivity contribution in [1.82, 2.24) is 0 Å². The van der Waals surface area contributed by atoms with E-state index in [9.17, 15) is 8.42 Å². The van der Waals surface area contributed by atoms with Gasteiger partial charge in [0.1, 0.15) is 10.6 Å². The minimum Gasteiger partial charge on any atom is -0.506 e. The summed E-state index contributed by atoms with van der Waals surface area (Å²) in [5.41, 5.74) is 0. The quantitative estimate of drug-likeness (QED) is 0.711. The first-order valence-corrected chi connectivity index (χ1v) is 4.85. The molecule has 0 saturated heterocycles. The maximum atomic E-state index is 10.7. The van der Waals surface area contributed by atoms with Gasteiger partial charge in [0.25, 0.3) is 0 Å². The molecule has 0 aliphatic heterocycles. The zero-order valence-electron chi connectivity index (χ0n) is 5.86. The van der Waals surface area contributed by atoms with Gasteiger partial charge >= 0.3 is 0 Å². The Morgan fingerprint density at radius 3 is 2.42 bits per heavy atom. The SMILES string of the molecule is NS(=O)(=O)c1ccc(Cl)cc1O. The second-order valence-corrected chi connectivity index (χ2v) is 4.12. The standard InChI is InChI=1S/C6H6ClNO3S/c7-4-1-2-6(5(9)3-4)12(8,10)11/h1-3,9H,(H2,8,10,11). The van der Waals surface area contributed by atoms with Crippen LogP contribution in [0.4, 0.5) is 0 Å². The van der Waals surface area contributed by atoms with Crippen molar-refractivity contribution in [2.45, 2.75) is 4.90 Å². The molecule has 3 N–H and O–H groups in total. The topological polar surface area (TPSA) is 80.4 Å². The highest BCUT2D eigenvalue weighted by atomic mass is 35.5. The molecular weight excluding hydrogens is 202 g/mol. The van der Waals surface area contributed by atoms with E-state index in [1.807, 2.05) is 0 Å². The molecule has 0 unspecified atom stereocenters. The number of primary sulfonamides is 1. The van der Waals surface area contributed by atoms with E-state index in [0.717, 1.165) is 12.1 Å². The van der Waals surface area contributed by atoms with Crippen LogP contribution in [0.3, 0.4) is 0 Å². The second kappa shape index (κ2) is 2.93. The minimum absolute atomic E-state index is 0.250. The molecule has 1 aromatic rings. The Hall–Kier alpha value is -0.780. The fraction of sp³-hybridized carbons (Fsp3) is 0. The first-order chi connectivity index (χ1) is 5.41. The number of nitrogens with two attached hydrogens (primary N) is 1. The molecule has 4 nitrogen and oxygen atoms in total. The lowest BCUT2D eigenvalue weighted by atomic mass is 10.3. The third-order valence-electron chi connectivity index (χ3n) is 1.23. The summed E-state index contributed by atoms with van der Waals surface area (Å²) in [6, 6.07) is 3.59. The van der Waals surface area contributed by atoms with E-state index < -0.39 is 15.8 Å². The summed E-state index contributed by atoms with van der Waals surface area (Å²) in [5, 5.41) is 14.1. The Kier molecular flexibility index (Phi) is 2.27. The van der Waals surface area contributed by atoms with Crippen LogP contribution < -0.4 is 5.14 Å². The predicted molar refractivity (Wildman–Crippen MR) is 44.5 cm³/mol. The fourth-order valence-corrected chi connectivity index (χ4v) is 1.51. The smallest absolute Gasteiger partial charge is 0.241 e. The average molecular weight is 208 g/mol. The highest BCUT2D eigenvalue weighted by molar-refractivity contribution is 7.89. The van der Waals surface area contributed by atoms with Crippen LogP contribution in [-0.4, -0.2) is 13.5 Å². The second-order valence-electron chi connectivity index (χ2n) is 2.16. The van der Waals surface area contributed by atoms with Crippen LogP contribution in [0.25, 0.3) is 0 Å². The van der Waals surface area contributed by atoms with E-state index in [4.69, 9.17) is 21.8 Å². The van der Waals surface area contributed by atoms with Crippen molar-refractivity contribution in [3.05, 3.63) is 23.2 Å². The minimum atomic E-state index is -3.86. The number of benzene rings is 1. The van der Waals surface area contributed by atoms with Crippen molar-refractivity contribution in [2.75, 3.05) is 0 Å². The highest BCUT2D eigenvalue weighted by Crippen LogP contribution is 2.24. The molecule has 66 valence electrons. The first-order valence-electron chi connectivity index (χ1n) is 2.92. The summed E-state index contributed by atoms with van der Waals surface area (Å²) in [5.74, 6) is -0.440. The third kappa shape index (κ3) is 1.88. The van der Waals surface area contributed by atoms with Crippen molar-refractivity contribution in [2.24, 2.45) is 5.14 Å². The zero-order chi connectivity index (χ0) is 9.35. The molecule has 0 atom stereocenters. The van der Waals surface area contributed by atoms with Crippen LogP contribution in [0.5, 0.6) is 5.75 Å². The number of hydrogen-bond donors (Lipinski definition) is 2. The van der Waals surface area contributed by atoms with E-state index in [1.165, 1.54) is 6.07 Å². The molecule has 0 aromatic heterocycles. The van der Waals surface area contributed by atoms with E-state index in [0.29, 0.717) is 0 Å². The van der Waals surface area contributed by atoms with Crippen LogP contribution in [0.2, 0.25) is 5.02 Å². The lowest BCUT2D eigenvalue weighted by Gasteiger charge is -2.00. The van der Waals surface area contributed by atoms with Gasteiger partial charge in [-0.1, -0.05) is 11.6 Å². The summed E-state index contributed by atoms with van der Waals surface area (Å²) >= 11 is 5.47. The number of halogens is 1. The van der Waals surface area contributed by atoms with Gasteiger partial charge in [-0.2, -0.15) is 0 Å². The van der Waals surface area contributed by atoms with Crippen molar-refractivity contribution in [3.63, 3.8) is 0 Å². The highest BCUT2D eigenvalue weighted by Gasteiger charge is 2.12. The van der Waals surface area contributed by atoms with Crippen molar-refractivity contribution in [3.8, 4) is 5.75 Å². The van der Waals surface area contributed by atoms with Gasteiger partial charge in [-0.25, -0.2) is 13.6 Å². The Morgan fingerprint density at radius 1 is 1.42 bits per heavy atom. The lowest BCUT2D eigenvalue weighted by Crippen LogP contribution is -2.12. The van der Waals surface area contributed by atoms with Crippen LogP contribution in [0, 0.1) is 0 Å². The van der Waals surface area contributed by atoms with E-state index >= 15 is 0 Å². The number of aromatic hydroxyl groups is 1. The summed E-state index contributed by atoms with van der Waals surface area (Å²) < 4.78 is 21.5. The molecule has 12 heavy (non-hydrogen) atoms. The molecule has 0 bridgehead atoms. The number of phenolic OH excluding ortho intramolecular Hbond substituents is 1. The zero-order valence-corrected chi connectivity index (χ0v) is 7.43. The van der Waals surface area contributed by atoms with Gasteiger partial charge in [0, 0.05) is 5.02 Å². The number of sulfonamides is 1. The summed E-state index contributed by atoms with van der Waals surface area (Å²) in [6.07, 6.45) is 0. The number of hydrogen-bond acceptors (Lipinski definition) is 3. The Balaban J connectivity index is 3.39. The van der Waals surface area contributed by atoms with Gasteiger partial charge in [0.05, 0.1) is 0 Å². The van der Waals surface area contributed by atoms with E-state index in [-0.39, 0.29) is 9.92 Å². The molecule has 0 heterocycles. The van der Waals surface area contributed by atoms with E-state index in [2.05, 4.69) is 0 Å². The van der Waals surface area contributed by atoms with Gasteiger partial charge in [-0.3, -0.25) is 0 Å². The van der Waals surface area contributed by atoms with Gasteiger partial charge in [-0.15, -0.1) is 0 Å². The van der Waals surface area contributed by atoms with Crippen LogP contribution in [-0.2, 0) is 10.0 Å². The van der Waals surface area contributed by atoms with Gasteiger partial charge < -0.3 is 5.11 Å². The molecule has 0 radical (unpaired) electrons. The normalized spacial score (nSPS) is 11.5. The Labute approximate surface area is 74.6 Å². The molecule has 1 aromatic carbocycles. The summed E-state index contributed by atoms with van der Waals surface area (Å²) in [6.45, 7) is 0. The van der Waals surface area contributed by atoms with Gasteiger partial charge in [0.15, 0.2) is 0 Å². The van der Waals surface area contributed by atoms with Crippen molar-refractivity contribution >= 4 is 21.6 Å². The van der Waals surface area contributed by atoms with Crippen LogP contribution in [0.15, 0.2) is 23.1 Å². The summed E-state index contributed by atoms with van der Waals surface area (Å²) in [7, 11) is -3.86. The number of phenols is 1. The average Bonchev–Trinajstić information content (AvgIpc) is 1.83. The van der Waals surface area contributed by atoms with Crippen molar-refractivity contribution in [1.29, 1.82) is 0 Å². The Morgan fingerprint density at radius 2 is 2.00 bits per heavy atom. The van der Waals surface area contributed by atoms with E-state index in [1.54, 1.807) is 0 Å². The predicted octanol–water partition coefficient (Wildman–Crippen LogP) is 0.693. The molecule has 0 spiro atoms. The lowest BCUT2D eigenvalue weighted by molar-refractivity contribution is 0.459. The van der Waals surface area contributed by atoms with Gasteiger partial charge in [-0.05, 0) is 18.2 Å². The number of rotatable bonds is 1. The summed E-state index contributed by atoms with van der Waals surface area (Å²) in [4.78, 5) is -0.327. The maximum absolute atomic E-state index is 10.7. The largest absolute Gasteiger partial charge is 0.506 e. The molecule has 0 saturated carbocycles.